The van der Waals surface area contributed by atoms with E-state index in [2.05, 4.69) is 94.8 Å². The van der Waals surface area contributed by atoms with Crippen molar-refractivity contribution in [2.24, 2.45) is 0 Å². The van der Waals surface area contributed by atoms with E-state index in [0.717, 1.165) is 6.54 Å². The van der Waals surface area contributed by atoms with E-state index in [9.17, 15) is 0 Å². The molecule has 0 aliphatic heterocycles. The topological polar surface area (TPSA) is 9.34 Å². The predicted octanol–water partition coefficient (Wildman–Crippen LogP) is 6.96. The Bertz CT molecular complexity index is 1690. The Morgan fingerprint density at radius 3 is 1.93 bits per heavy atom. The van der Waals surface area contributed by atoms with Crippen molar-refractivity contribution in [1.82, 2.24) is 8.97 Å². The minimum absolute atomic E-state index is 0.970. The Kier molecular flexibility index (Phi) is 2.51. The fourth-order valence-corrected chi connectivity index (χ4v) is 5.31. The zero-order chi connectivity index (χ0) is 18.4. The number of fused-ring (bicyclic) bond motifs is 9. The zero-order valence-electron chi connectivity index (χ0n) is 15.6. The fourth-order valence-electron chi connectivity index (χ4n) is 5.31. The zero-order valence-corrected chi connectivity index (χ0v) is 15.6. The number of aromatic nitrogens is 2. The molecule has 7 rings (SSSR count). The molecule has 2 nitrogen and oxygen atoms in total. The minimum atomic E-state index is 0.970. The maximum Gasteiger partial charge on any atom is 0.0620 e. The van der Waals surface area contributed by atoms with E-state index >= 15 is 0 Å². The van der Waals surface area contributed by atoms with Crippen LogP contribution in [0.2, 0.25) is 0 Å². The van der Waals surface area contributed by atoms with Crippen molar-refractivity contribution in [3.8, 4) is 0 Å². The molecule has 4 aromatic carbocycles. The van der Waals surface area contributed by atoms with Gasteiger partial charge in [0.2, 0.25) is 0 Å². The number of benzene rings is 4. The Morgan fingerprint density at radius 2 is 1.14 bits per heavy atom. The molecule has 0 radical (unpaired) electrons. The average molecular weight is 358 g/mol. The van der Waals surface area contributed by atoms with Crippen LogP contribution < -0.4 is 0 Å². The minimum Gasteiger partial charge on any atom is -0.341 e. The number of rotatable bonds is 1. The molecule has 2 heteroatoms. The van der Waals surface area contributed by atoms with Crippen molar-refractivity contribution in [3.05, 3.63) is 78.9 Å². The Balaban J connectivity index is 1.83. The molecule has 0 bridgehead atoms. The monoisotopic (exact) mass is 358 g/mol. The van der Waals surface area contributed by atoms with E-state index in [-0.39, 0.29) is 0 Å². The van der Waals surface area contributed by atoms with E-state index in [1.807, 2.05) is 0 Å². The maximum atomic E-state index is 2.46. The van der Waals surface area contributed by atoms with Crippen molar-refractivity contribution < 1.29 is 0 Å². The molecule has 0 N–H and O–H groups in total. The quantitative estimate of drug-likeness (QED) is 0.300. The van der Waals surface area contributed by atoms with Crippen LogP contribution in [0.1, 0.15) is 6.92 Å². The van der Waals surface area contributed by atoms with Crippen LogP contribution in [0.15, 0.2) is 78.9 Å². The first-order valence-electron chi connectivity index (χ1n) is 9.94. The van der Waals surface area contributed by atoms with Crippen molar-refractivity contribution in [1.29, 1.82) is 0 Å². The Labute approximate surface area is 161 Å². The van der Waals surface area contributed by atoms with Gasteiger partial charge in [-0.15, -0.1) is 0 Å². The lowest BCUT2D eigenvalue weighted by molar-refractivity contribution is 0.827. The Morgan fingerprint density at radius 1 is 0.536 bits per heavy atom. The smallest absolute Gasteiger partial charge is 0.0620 e. The van der Waals surface area contributed by atoms with Gasteiger partial charge in [0.15, 0.2) is 0 Å². The van der Waals surface area contributed by atoms with Gasteiger partial charge in [-0.3, -0.25) is 0 Å². The molecule has 3 heterocycles. The number of hydrogen-bond acceptors (Lipinski definition) is 0. The second-order valence-electron chi connectivity index (χ2n) is 7.70. The molecular formula is C26H18N2. The van der Waals surface area contributed by atoms with E-state index in [4.69, 9.17) is 0 Å². The molecule has 0 fully saturated rings. The van der Waals surface area contributed by atoms with Gasteiger partial charge < -0.3 is 8.97 Å². The van der Waals surface area contributed by atoms with Gasteiger partial charge in [0.05, 0.1) is 22.1 Å². The third kappa shape index (κ3) is 1.52. The molecule has 3 aromatic heterocycles. The molecule has 28 heavy (non-hydrogen) atoms. The van der Waals surface area contributed by atoms with Crippen molar-refractivity contribution in [2.75, 3.05) is 0 Å². The van der Waals surface area contributed by atoms with E-state index in [0.29, 0.717) is 0 Å². The highest BCUT2D eigenvalue weighted by Crippen LogP contribution is 2.41. The first-order valence-corrected chi connectivity index (χ1v) is 9.94. The number of hydrogen-bond donors (Lipinski definition) is 0. The summed E-state index contributed by atoms with van der Waals surface area (Å²) in [6, 6.07) is 29.1. The number of nitrogens with zero attached hydrogens (tertiary/aromatic N) is 2. The third-order valence-corrected chi connectivity index (χ3v) is 6.43. The van der Waals surface area contributed by atoms with Gasteiger partial charge in [-0.05, 0) is 31.2 Å². The molecule has 0 unspecified atom stereocenters. The van der Waals surface area contributed by atoms with E-state index in [1.165, 1.54) is 59.9 Å². The predicted molar refractivity (Wildman–Crippen MR) is 120 cm³/mol. The van der Waals surface area contributed by atoms with Crippen LogP contribution in [0.3, 0.4) is 0 Å². The van der Waals surface area contributed by atoms with Crippen molar-refractivity contribution in [2.45, 2.75) is 13.5 Å². The lowest BCUT2D eigenvalue weighted by atomic mass is 10.1. The van der Waals surface area contributed by atoms with Crippen LogP contribution in [0.5, 0.6) is 0 Å². The molecule has 7 aromatic rings. The summed E-state index contributed by atoms with van der Waals surface area (Å²) in [4.78, 5) is 0. The molecule has 0 aliphatic carbocycles. The lowest BCUT2D eigenvalue weighted by Gasteiger charge is -2.04. The highest BCUT2D eigenvalue weighted by atomic mass is 15.0. The average Bonchev–Trinajstić information content (AvgIpc) is 3.36. The molecule has 0 amide bonds. The largest absolute Gasteiger partial charge is 0.341 e. The van der Waals surface area contributed by atoms with Gasteiger partial charge >= 0.3 is 0 Å². The second kappa shape index (κ2) is 4.85. The summed E-state index contributed by atoms with van der Waals surface area (Å²) in [5, 5.41) is 8.06. The summed E-state index contributed by atoms with van der Waals surface area (Å²) >= 11 is 0. The van der Waals surface area contributed by atoms with Crippen LogP contribution in [0.4, 0.5) is 0 Å². The summed E-state index contributed by atoms with van der Waals surface area (Å²) in [6.07, 6.45) is 0. The van der Waals surface area contributed by atoms with Gasteiger partial charge in [-0.2, -0.15) is 0 Å². The molecular weight excluding hydrogens is 340 g/mol. The second-order valence-corrected chi connectivity index (χ2v) is 7.70. The van der Waals surface area contributed by atoms with Crippen molar-refractivity contribution >= 4 is 59.9 Å². The summed E-state index contributed by atoms with van der Waals surface area (Å²) in [5.74, 6) is 0. The SMILES string of the molecule is CCn1c2ccccc2c2cc3c4cccc5c6ccccc6n(c3cc21)c54. The summed E-state index contributed by atoms with van der Waals surface area (Å²) in [7, 11) is 0. The molecule has 0 atom stereocenters. The fraction of sp³-hybridized carbons (Fsp3) is 0.0769. The first kappa shape index (κ1) is 14.5. The summed E-state index contributed by atoms with van der Waals surface area (Å²) in [5.41, 5.74) is 6.58. The van der Waals surface area contributed by atoms with Crippen LogP contribution in [0.25, 0.3) is 59.9 Å². The molecule has 0 saturated carbocycles. The van der Waals surface area contributed by atoms with E-state index in [1.54, 1.807) is 0 Å². The summed E-state index contributed by atoms with van der Waals surface area (Å²) in [6.45, 7) is 3.20. The summed E-state index contributed by atoms with van der Waals surface area (Å²) < 4.78 is 4.91. The van der Waals surface area contributed by atoms with Gasteiger partial charge in [-0.1, -0.05) is 54.6 Å². The maximum absolute atomic E-state index is 2.46. The van der Waals surface area contributed by atoms with Gasteiger partial charge in [-0.25, -0.2) is 0 Å². The molecule has 0 spiro atoms. The van der Waals surface area contributed by atoms with Gasteiger partial charge in [0.1, 0.15) is 0 Å². The number of para-hydroxylation sites is 3. The van der Waals surface area contributed by atoms with E-state index < -0.39 is 0 Å². The van der Waals surface area contributed by atoms with Crippen LogP contribution in [0, 0.1) is 0 Å². The number of aryl methyl sites for hydroxylation is 1. The Hall–Kier alpha value is -3.52. The third-order valence-electron chi connectivity index (χ3n) is 6.43. The molecule has 0 aliphatic rings. The highest BCUT2D eigenvalue weighted by Gasteiger charge is 2.19. The van der Waals surface area contributed by atoms with Crippen LogP contribution >= 0.6 is 0 Å². The van der Waals surface area contributed by atoms with Crippen LogP contribution in [-0.2, 0) is 6.54 Å². The normalized spacial score (nSPS) is 12.6. The van der Waals surface area contributed by atoms with Crippen molar-refractivity contribution in [3.63, 3.8) is 0 Å². The highest BCUT2D eigenvalue weighted by molar-refractivity contribution is 6.26. The molecule has 132 valence electrons. The molecule has 0 saturated heterocycles. The van der Waals surface area contributed by atoms with Gasteiger partial charge in [0.25, 0.3) is 0 Å². The lowest BCUT2D eigenvalue weighted by Crippen LogP contribution is -1.92. The first-order chi connectivity index (χ1) is 13.9. The van der Waals surface area contributed by atoms with Crippen LogP contribution in [-0.4, -0.2) is 8.97 Å². The standard InChI is InChI=1S/C26H18N2/c1-2-27-22-12-5-3-9-17(22)20-14-21-19-11-7-10-18-16-8-4-6-13-23(16)28(26(18)19)25(21)15-24(20)27/h3-15H,2H2,1H3. The van der Waals surface area contributed by atoms with Gasteiger partial charge in [0, 0.05) is 44.4 Å².